The van der Waals surface area contributed by atoms with E-state index < -0.39 is 16.5 Å². The molecule has 0 radical (unpaired) electrons. The number of amides is 1. The van der Waals surface area contributed by atoms with E-state index in [2.05, 4.69) is 6.92 Å². The zero-order valence-electron chi connectivity index (χ0n) is 15.4. The van der Waals surface area contributed by atoms with Crippen LogP contribution >= 0.6 is 0 Å². The van der Waals surface area contributed by atoms with Crippen LogP contribution in [0.5, 0.6) is 0 Å². The minimum atomic E-state index is -2.73. The van der Waals surface area contributed by atoms with Crippen LogP contribution in [0.1, 0.15) is 46.1 Å². The molecular weight excluding hydrogens is 340 g/mol. The molecule has 0 aromatic heterocycles. The molecule has 25 heavy (non-hydrogen) atoms. The molecule has 1 amide bonds. The number of hydrogen-bond acceptors (Lipinski definition) is 4. The zero-order valence-corrected chi connectivity index (χ0v) is 16.3. The van der Waals surface area contributed by atoms with Gasteiger partial charge in [-0.15, -0.1) is 0 Å². The Morgan fingerprint density at radius 2 is 1.76 bits per heavy atom. The van der Waals surface area contributed by atoms with Crippen molar-refractivity contribution in [2.45, 2.75) is 58.6 Å². The lowest BCUT2D eigenvalue weighted by molar-refractivity contribution is 0.0208. The van der Waals surface area contributed by atoms with Crippen LogP contribution in [0.15, 0.2) is 24.3 Å². The standard InChI is InChI=1S/C18H28N2O4S/c1-5-14-6-8-15(9-7-14)20(25(22)23)16-10-12-19(13-11-16)17(21)24-18(2,3)4/h6-9,16,25H,5,10-13H2,1-4H3. The number of thiol groups is 1. The van der Waals surface area contributed by atoms with Gasteiger partial charge in [0, 0.05) is 19.1 Å². The van der Waals surface area contributed by atoms with Gasteiger partial charge in [0.05, 0.1) is 5.69 Å². The number of ether oxygens (including phenoxy) is 1. The molecule has 1 aromatic carbocycles. The SMILES string of the molecule is CCc1ccc(N(C2CCN(C(=O)OC(C)(C)C)CC2)[SH](=O)=O)cc1. The molecule has 1 aliphatic rings. The Morgan fingerprint density at radius 3 is 2.20 bits per heavy atom. The Kier molecular flexibility index (Phi) is 6.32. The first-order valence-corrected chi connectivity index (χ1v) is 9.84. The smallest absolute Gasteiger partial charge is 0.410 e. The van der Waals surface area contributed by atoms with Gasteiger partial charge in [-0.05, 0) is 57.7 Å². The molecule has 140 valence electrons. The fourth-order valence-corrected chi connectivity index (χ4v) is 3.76. The fourth-order valence-electron chi connectivity index (χ4n) is 2.94. The topological polar surface area (TPSA) is 66.9 Å². The highest BCUT2D eigenvalue weighted by Gasteiger charge is 2.30. The van der Waals surface area contributed by atoms with Crippen molar-refractivity contribution in [3.05, 3.63) is 29.8 Å². The van der Waals surface area contributed by atoms with E-state index in [9.17, 15) is 13.2 Å². The third-order valence-electron chi connectivity index (χ3n) is 4.25. The number of aryl methyl sites for hydroxylation is 1. The van der Waals surface area contributed by atoms with Gasteiger partial charge in [-0.3, -0.25) is 4.31 Å². The number of nitrogens with zero attached hydrogens (tertiary/aromatic N) is 2. The number of benzene rings is 1. The van der Waals surface area contributed by atoms with Gasteiger partial charge in [0.15, 0.2) is 0 Å². The maximum atomic E-state index is 12.1. The Balaban J connectivity index is 2.04. The monoisotopic (exact) mass is 368 g/mol. The molecule has 0 spiro atoms. The molecule has 1 aromatic rings. The second-order valence-corrected chi connectivity index (χ2v) is 8.21. The molecule has 2 rings (SSSR count). The summed E-state index contributed by atoms with van der Waals surface area (Å²) in [5.41, 5.74) is 1.33. The maximum Gasteiger partial charge on any atom is 0.410 e. The lowest BCUT2D eigenvalue weighted by atomic mass is 10.0. The molecule has 1 heterocycles. The Bertz CT molecular complexity index is 649. The van der Waals surface area contributed by atoms with Crippen molar-refractivity contribution in [3.63, 3.8) is 0 Å². The molecule has 0 atom stereocenters. The number of rotatable bonds is 4. The molecule has 0 N–H and O–H groups in total. The molecule has 1 aliphatic heterocycles. The first kappa shape index (κ1) is 19.6. The van der Waals surface area contributed by atoms with E-state index in [0.717, 1.165) is 6.42 Å². The molecule has 0 bridgehead atoms. The third kappa shape index (κ3) is 5.36. The van der Waals surface area contributed by atoms with E-state index in [-0.39, 0.29) is 12.1 Å². The third-order valence-corrected chi connectivity index (χ3v) is 5.16. The average Bonchev–Trinajstić information content (AvgIpc) is 2.54. The van der Waals surface area contributed by atoms with Gasteiger partial charge in [-0.25, -0.2) is 13.2 Å². The van der Waals surface area contributed by atoms with Crippen molar-refractivity contribution >= 4 is 22.7 Å². The predicted octanol–water partition coefficient (Wildman–Crippen LogP) is 2.98. The molecule has 7 heteroatoms. The van der Waals surface area contributed by atoms with Crippen LogP contribution in [0.4, 0.5) is 10.5 Å². The van der Waals surface area contributed by atoms with Gasteiger partial charge in [0.25, 0.3) is 0 Å². The van der Waals surface area contributed by atoms with E-state index >= 15 is 0 Å². The van der Waals surface area contributed by atoms with Gasteiger partial charge < -0.3 is 9.64 Å². The molecule has 0 unspecified atom stereocenters. The number of carbonyl (C=O) groups excluding carboxylic acids is 1. The van der Waals surface area contributed by atoms with Crippen molar-refractivity contribution in [2.75, 3.05) is 17.4 Å². The number of piperidine rings is 1. The summed E-state index contributed by atoms with van der Waals surface area (Å²) < 4.78 is 30.5. The van der Waals surface area contributed by atoms with Crippen molar-refractivity contribution < 1.29 is 17.9 Å². The highest BCUT2D eigenvalue weighted by molar-refractivity contribution is 7.74. The lowest BCUT2D eigenvalue weighted by Gasteiger charge is -2.37. The van der Waals surface area contributed by atoms with Crippen LogP contribution in [-0.2, 0) is 22.0 Å². The van der Waals surface area contributed by atoms with Crippen molar-refractivity contribution in [2.24, 2.45) is 0 Å². The van der Waals surface area contributed by atoms with Gasteiger partial charge in [-0.1, -0.05) is 19.1 Å². The summed E-state index contributed by atoms with van der Waals surface area (Å²) in [6, 6.07) is 7.48. The van der Waals surface area contributed by atoms with Gasteiger partial charge in [-0.2, -0.15) is 0 Å². The van der Waals surface area contributed by atoms with E-state index in [1.54, 1.807) is 4.90 Å². The second-order valence-electron chi connectivity index (χ2n) is 7.30. The number of likely N-dealkylation sites (tertiary alicyclic amines) is 1. The Labute approximate surface area is 151 Å². The van der Waals surface area contributed by atoms with Gasteiger partial charge in [0.2, 0.25) is 10.9 Å². The largest absolute Gasteiger partial charge is 0.444 e. The van der Waals surface area contributed by atoms with Crippen LogP contribution in [0.3, 0.4) is 0 Å². The van der Waals surface area contributed by atoms with Crippen LogP contribution in [0, 0.1) is 0 Å². The van der Waals surface area contributed by atoms with Crippen LogP contribution in [-0.4, -0.2) is 44.1 Å². The number of hydrogen-bond donors (Lipinski definition) is 1. The van der Waals surface area contributed by atoms with Crippen LogP contribution in [0.25, 0.3) is 0 Å². The van der Waals surface area contributed by atoms with E-state index in [1.807, 2.05) is 45.0 Å². The highest BCUT2D eigenvalue weighted by atomic mass is 32.2. The fraction of sp³-hybridized carbons (Fsp3) is 0.611. The van der Waals surface area contributed by atoms with Gasteiger partial charge in [0.1, 0.15) is 5.60 Å². The van der Waals surface area contributed by atoms with Crippen molar-refractivity contribution in [1.82, 2.24) is 4.90 Å². The molecule has 0 saturated carbocycles. The lowest BCUT2D eigenvalue weighted by Crippen LogP contribution is -2.47. The minimum absolute atomic E-state index is 0.132. The summed E-state index contributed by atoms with van der Waals surface area (Å²) >= 11 is 0. The predicted molar refractivity (Wildman–Crippen MR) is 99.4 cm³/mol. The molecule has 0 aliphatic carbocycles. The average molecular weight is 368 g/mol. The summed E-state index contributed by atoms with van der Waals surface area (Å²) in [5, 5.41) is 0. The highest BCUT2D eigenvalue weighted by Crippen LogP contribution is 2.25. The quantitative estimate of drug-likeness (QED) is 0.830. The molecular formula is C18H28N2O4S. The summed E-state index contributed by atoms with van der Waals surface area (Å²) in [6.07, 6.45) is 1.77. The maximum absolute atomic E-state index is 12.1. The Hall–Kier alpha value is -1.76. The first-order valence-electron chi connectivity index (χ1n) is 8.71. The molecule has 1 fully saturated rings. The summed E-state index contributed by atoms with van der Waals surface area (Å²) in [5.74, 6) is 0. The van der Waals surface area contributed by atoms with E-state index in [0.29, 0.717) is 31.6 Å². The minimum Gasteiger partial charge on any atom is -0.444 e. The van der Waals surface area contributed by atoms with Crippen LogP contribution in [0.2, 0.25) is 0 Å². The summed E-state index contributed by atoms with van der Waals surface area (Å²) in [6.45, 7) is 8.55. The second kappa shape index (κ2) is 8.08. The summed E-state index contributed by atoms with van der Waals surface area (Å²) in [4.78, 5) is 13.8. The zero-order chi connectivity index (χ0) is 18.6. The van der Waals surface area contributed by atoms with Crippen molar-refractivity contribution in [1.29, 1.82) is 0 Å². The first-order chi connectivity index (χ1) is 11.7. The van der Waals surface area contributed by atoms with Gasteiger partial charge >= 0.3 is 6.09 Å². The van der Waals surface area contributed by atoms with Crippen LogP contribution < -0.4 is 4.31 Å². The Morgan fingerprint density at radius 1 is 1.20 bits per heavy atom. The van der Waals surface area contributed by atoms with E-state index in [1.165, 1.54) is 9.87 Å². The molecule has 6 nitrogen and oxygen atoms in total. The van der Waals surface area contributed by atoms with Crippen molar-refractivity contribution in [3.8, 4) is 0 Å². The number of carbonyl (C=O) groups is 1. The normalized spacial score (nSPS) is 16.1. The molecule has 1 saturated heterocycles. The number of anilines is 1. The summed E-state index contributed by atoms with van der Waals surface area (Å²) in [7, 11) is -2.73. The van der Waals surface area contributed by atoms with E-state index in [4.69, 9.17) is 4.74 Å².